The molecule has 184 valence electrons. The summed E-state index contributed by atoms with van der Waals surface area (Å²) in [5, 5.41) is 14.9. The number of aromatic nitrogens is 2. The van der Waals surface area contributed by atoms with Crippen LogP contribution in [0.25, 0.3) is 43.6 Å². The predicted octanol–water partition coefficient (Wildman–Crippen LogP) is 5.95. The minimum absolute atomic E-state index is 0.0880. The molecule has 0 unspecified atom stereocenters. The van der Waals surface area contributed by atoms with Gasteiger partial charge in [0.1, 0.15) is 0 Å². The second kappa shape index (κ2) is 6.91. The van der Waals surface area contributed by atoms with Crippen LogP contribution in [0.3, 0.4) is 0 Å². The molecular formula is C32H23N3O3. The van der Waals surface area contributed by atoms with Crippen molar-refractivity contribution in [3.05, 3.63) is 95.6 Å². The van der Waals surface area contributed by atoms with Gasteiger partial charge in [-0.3, -0.25) is 14.5 Å². The van der Waals surface area contributed by atoms with Gasteiger partial charge in [0.2, 0.25) is 0 Å². The molecule has 38 heavy (non-hydrogen) atoms. The fourth-order valence-corrected chi connectivity index (χ4v) is 7.63. The second-order valence-electron chi connectivity index (χ2n) is 10.9. The number of hydrogen-bond donors (Lipinski definition) is 1. The summed E-state index contributed by atoms with van der Waals surface area (Å²) < 4.78 is 4.63. The fourth-order valence-electron chi connectivity index (χ4n) is 7.63. The molecule has 2 aromatic heterocycles. The van der Waals surface area contributed by atoms with E-state index in [1.165, 1.54) is 4.90 Å². The van der Waals surface area contributed by atoms with Gasteiger partial charge in [-0.25, -0.2) is 0 Å². The number of aliphatic hydroxyl groups is 1. The van der Waals surface area contributed by atoms with Gasteiger partial charge in [-0.15, -0.1) is 0 Å². The third-order valence-electron chi connectivity index (χ3n) is 9.07. The maximum atomic E-state index is 14.2. The lowest BCUT2D eigenvalue weighted by Crippen LogP contribution is -2.29. The number of nitrogens with zero attached hydrogens (tertiary/aromatic N) is 3. The summed E-state index contributed by atoms with van der Waals surface area (Å²) in [7, 11) is 0. The number of carbonyl (C=O) groups excluding carboxylic acids is 2. The van der Waals surface area contributed by atoms with Gasteiger partial charge in [0.15, 0.2) is 0 Å². The Hall–Kier alpha value is -4.42. The average Bonchev–Trinajstić information content (AvgIpc) is 3.61. The van der Waals surface area contributed by atoms with Crippen molar-refractivity contribution < 1.29 is 14.7 Å². The molecule has 6 heteroatoms. The highest BCUT2D eigenvalue weighted by Gasteiger charge is 2.46. The van der Waals surface area contributed by atoms with Crippen molar-refractivity contribution in [1.82, 2.24) is 14.0 Å². The summed E-state index contributed by atoms with van der Waals surface area (Å²) in [4.78, 5) is 29.9. The molecule has 2 amide bonds. The van der Waals surface area contributed by atoms with Gasteiger partial charge in [-0.05, 0) is 30.5 Å². The number of hydrogen-bond acceptors (Lipinski definition) is 3. The number of aliphatic hydroxyl groups excluding tert-OH is 1. The molecule has 3 aliphatic rings. The summed E-state index contributed by atoms with van der Waals surface area (Å²) in [5.74, 6) is -0.477. The first-order valence-corrected chi connectivity index (χ1v) is 13.2. The Kier molecular flexibility index (Phi) is 3.75. The van der Waals surface area contributed by atoms with E-state index < -0.39 is 6.10 Å². The first-order valence-electron chi connectivity index (χ1n) is 13.2. The van der Waals surface area contributed by atoms with Gasteiger partial charge in [-0.2, -0.15) is 0 Å². The van der Waals surface area contributed by atoms with Crippen LogP contribution < -0.4 is 0 Å². The lowest BCUT2D eigenvalue weighted by Gasteiger charge is -2.20. The maximum absolute atomic E-state index is 14.2. The van der Waals surface area contributed by atoms with Crippen LogP contribution in [0.15, 0.2) is 78.9 Å². The van der Waals surface area contributed by atoms with E-state index in [1.54, 1.807) is 0 Å². The molecule has 1 saturated carbocycles. The van der Waals surface area contributed by atoms with E-state index in [2.05, 4.69) is 27.3 Å². The Bertz CT molecular complexity index is 2030. The van der Waals surface area contributed by atoms with Crippen LogP contribution in [0.4, 0.5) is 0 Å². The zero-order valence-corrected chi connectivity index (χ0v) is 20.5. The van der Waals surface area contributed by atoms with Crippen molar-refractivity contribution >= 4 is 55.4 Å². The van der Waals surface area contributed by atoms with Crippen LogP contribution in [0.2, 0.25) is 0 Å². The number of fused-ring (bicyclic) bond motifs is 13. The number of imide groups is 1. The van der Waals surface area contributed by atoms with Gasteiger partial charge < -0.3 is 14.2 Å². The first-order chi connectivity index (χ1) is 18.6. The number of amides is 2. The van der Waals surface area contributed by atoms with E-state index in [1.807, 2.05) is 60.7 Å². The van der Waals surface area contributed by atoms with E-state index in [-0.39, 0.29) is 30.4 Å². The van der Waals surface area contributed by atoms with E-state index >= 15 is 0 Å². The monoisotopic (exact) mass is 497 g/mol. The minimum atomic E-state index is -0.483. The quantitative estimate of drug-likeness (QED) is 0.301. The molecule has 4 aromatic carbocycles. The van der Waals surface area contributed by atoms with Crippen LogP contribution in [0.5, 0.6) is 0 Å². The molecule has 2 bridgehead atoms. The molecule has 0 radical (unpaired) electrons. The van der Waals surface area contributed by atoms with Gasteiger partial charge in [0.05, 0.1) is 40.9 Å². The smallest absolute Gasteiger partial charge is 0.262 e. The van der Waals surface area contributed by atoms with Crippen molar-refractivity contribution in [3.63, 3.8) is 0 Å². The standard InChI is InChI=1S/C32H23N3O3/c36-24-15-18-14-23(24)35-22-13-7-5-11-20(22)26-28-27(31(37)33(32(28)38)16-17-8-2-1-3-9-17)25-19-10-4-6-12-21(19)34(18)29(25)30(26)35/h1-13,18,23-24,36H,14-16H2/t18-,23+,24-/m1/s1. The highest BCUT2D eigenvalue weighted by molar-refractivity contribution is 6.39. The Labute approximate surface area is 217 Å². The topological polar surface area (TPSA) is 67.5 Å². The summed E-state index contributed by atoms with van der Waals surface area (Å²) in [6, 6.07) is 26.0. The third-order valence-corrected chi connectivity index (χ3v) is 9.07. The molecule has 3 atom stereocenters. The Morgan fingerprint density at radius 3 is 1.89 bits per heavy atom. The highest BCUT2D eigenvalue weighted by atomic mass is 16.3. The molecule has 6 nitrogen and oxygen atoms in total. The van der Waals surface area contributed by atoms with Gasteiger partial charge in [-0.1, -0.05) is 66.7 Å². The van der Waals surface area contributed by atoms with Crippen LogP contribution in [0, 0.1) is 0 Å². The molecule has 4 heterocycles. The minimum Gasteiger partial charge on any atom is -0.391 e. The van der Waals surface area contributed by atoms with Crippen molar-refractivity contribution in [3.8, 4) is 0 Å². The molecule has 0 spiro atoms. The van der Waals surface area contributed by atoms with Gasteiger partial charge >= 0.3 is 0 Å². The van der Waals surface area contributed by atoms with E-state index in [0.717, 1.165) is 55.6 Å². The van der Waals surface area contributed by atoms with Gasteiger partial charge in [0.25, 0.3) is 11.8 Å². The van der Waals surface area contributed by atoms with Crippen LogP contribution in [0.1, 0.15) is 51.2 Å². The molecule has 2 aliphatic heterocycles. The first kappa shape index (κ1) is 20.6. The summed E-state index contributed by atoms with van der Waals surface area (Å²) in [6.07, 6.45) is 0.989. The summed E-state index contributed by atoms with van der Waals surface area (Å²) in [6.45, 7) is 0.234. The van der Waals surface area contributed by atoms with Crippen LogP contribution in [-0.2, 0) is 6.54 Å². The number of benzene rings is 4. The largest absolute Gasteiger partial charge is 0.391 e. The molecule has 1 fully saturated rings. The predicted molar refractivity (Wildman–Crippen MR) is 146 cm³/mol. The maximum Gasteiger partial charge on any atom is 0.262 e. The van der Waals surface area contributed by atoms with Crippen molar-refractivity contribution in [2.24, 2.45) is 0 Å². The summed E-state index contributed by atoms with van der Waals surface area (Å²) >= 11 is 0. The van der Waals surface area contributed by atoms with Crippen molar-refractivity contribution in [2.75, 3.05) is 0 Å². The number of carbonyl (C=O) groups is 2. The van der Waals surface area contributed by atoms with E-state index in [4.69, 9.17) is 0 Å². The number of para-hydroxylation sites is 2. The van der Waals surface area contributed by atoms with E-state index in [0.29, 0.717) is 17.5 Å². The Morgan fingerprint density at radius 2 is 1.24 bits per heavy atom. The van der Waals surface area contributed by atoms with Crippen LogP contribution >= 0.6 is 0 Å². The Balaban J connectivity index is 1.50. The zero-order valence-electron chi connectivity index (χ0n) is 20.5. The zero-order chi connectivity index (χ0) is 25.3. The Morgan fingerprint density at radius 1 is 0.684 bits per heavy atom. The lowest BCUT2D eigenvalue weighted by atomic mass is 9.96. The van der Waals surface area contributed by atoms with E-state index in [9.17, 15) is 14.7 Å². The van der Waals surface area contributed by atoms with Crippen LogP contribution in [-0.4, -0.2) is 37.1 Å². The van der Waals surface area contributed by atoms with Crippen molar-refractivity contribution in [1.29, 1.82) is 0 Å². The number of rotatable bonds is 2. The third kappa shape index (κ3) is 2.29. The molecule has 9 rings (SSSR count). The molecule has 1 aliphatic carbocycles. The molecule has 0 saturated heterocycles. The molecule has 6 aromatic rings. The van der Waals surface area contributed by atoms with Gasteiger partial charge in [0, 0.05) is 38.6 Å². The second-order valence-corrected chi connectivity index (χ2v) is 10.9. The van der Waals surface area contributed by atoms with Crippen molar-refractivity contribution in [2.45, 2.75) is 37.6 Å². The lowest BCUT2D eigenvalue weighted by molar-refractivity contribution is 0.0643. The molecular weight excluding hydrogens is 474 g/mol. The SMILES string of the molecule is O=C1c2c(c3c4ccccc4n4c3c3c2c2ccccc2n3[C@H]2C[C@@H](O)[C@@H]4C2)C(=O)N1Cc1ccccc1. The fraction of sp³-hybridized carbons (Fsp3) is 0.188. The molecule has 1 N–H and O–H groups in total. The summed E-state index contributed by atoms with van der Waals surface area (Å²) in [5.41, 5.74) is 5.96. The average molecular weight is 498 g/mol. The highest BCUT2D eigenvalue weighted by Crippen LogP contribution is 2.54. The normalized spacial score (nSPS) is 22.0.